The Kier molecular flexibility index (Phi) is 6.49. The SMILES string of the molecule is CC(=O)N(CCNC(=O)c1ccc(Cl)c(Cl)c1)c1ccc(Cl)cc1. The summed E-state index contributed by atoms with van der Waals surface area (Å²) in [6.07, 6.45) is 0. The molecule has 0 aromatic heterocycles. The Morgan fingerprint density at radius 2 is 1.67 bits per heavy atom. The van der Waals surface area contributed by atoms with Gasteiger partial charge in [0.1, 0.15) is 0 Å². The van der Waals surface area contributed by atoms with Crippen LogP contribution in [0.5, 0.6) is 0 Å². The molecule has 0 aliphatic carbocycles. The quantitative estimate of drug-likeness (QED) is 0.827. The third kappa shape index (κ3) is 4.87. The molecule has 1 N–H and O–H groups in total. The van der Waals surface area contributed by atoms with Gasteiger partial charge in [-0.3, -0.25) is 9.59 Å². The van der Waals surface area contributed by atoms with Crippen LogP contribution in [-0.2, 0) is 4.79 Å². The molecule has 0 aliphatic rings. The summed E-state index contributed by atoms with van der Waals surface area (Å²) < 4.78 is 0. The minimum atomic E-state index is -0.284. The molecule has 0 aliphatic heterocycles. The lowest BCUT2D eigenvalue weighted by atomic mass is 10.2. The van der Waals surface area contributed by atoms with Crippen molar-refractivity contribution >= 4 is 52.3 Å². The Bertz CT molecular complexity index is 748. The Labute approximate surface area is 155 Å². The summed E-state index contributed by atoms with van der Waals surface area (Å²) >= 11 is 17.6. The number of benzene rings is 2. The summed E-state index contributed by atoms with van der Waals surface area (Å²) in [5.74, 6) is -0.408. The Morgan fingerprint density at radius 1 is 1.00 bits per heavy atom. The number of nitrogens with zero attached hydrogens (tertiary/aromatic N) is 1. The Balaban J connectivity index is 1.97. The number of carbonyl (C=O) groups is 2. The van der Waals surface area contributed by atoms with Gasteiger partial charge in [0.25, 0.3) is 5.91 Å². The maximum atomic E-state index is 12.1. The average Bonchev–Trinajstić information content (AvgIpc) is 2.54. The number of rotatable bonds is 5. The van der Waals surface area contributed by atoms with Gasteiger partial charge in [0.2, 0.25) is 5.91 Å². The van der Waals surface area contributed by atoms with E-state index in [1.165, 1.54) is 13.0 Å². The smallest absolute Gasteiger partial charge is 0.251 e. The minimum absolute atomic E-state index is 0.124. The van der Waals surface area contributed by atoms with E-state index in [9.17, 15) is 9.59 Å². The van der Waals surface area contributed by atoms with Crippen LogP contribution in [0, 0.1) is 0 Å². The van der Waals surface area contributed by atoms with Crippen LogP contribution in [-0.4, -0.2) is 24.9 Å². The van der Waals surface area contributed by atoms with E-state index in [2.05, 4.69) is 5.32 Å². The van der Waals surface area contributed by atoms with Crippen LogP contribution in [0.3, 0.4) is 0 Å². The van der Waals surface area contributed by atoms with E-state index < -0.39 is 0 Å². The van der Waals surface area contributed by atoms with Crippen LogP contribution in [0.15, 0.2) is 42.5 Å². The fourth-order valence-electron chi connectivity index (χ4n) is 2.11. The molecule has 0 spiro atoms. The zero-order valence-corrected chi connectivity index (χ0v) is 15.1. The standard InChI is InChI=1S/C17H15Cl3N2O2/c1-11(23)22(14-5-3-13(18)4-6-14)9-8-21-17(24)12-2-7-15(19)16(20)10-12/h2-7,10H,8-9H2,1H3,(H,21,24). The summed E-state index contributed by atoms with van der Waals surface area (Å²) in [6, 6.07) is 11.6. The molecular weight excluding hydrogens is 371 g/mol. The van der Waals surface area contributed by atoms with Crippen molar-refractivity contribution in [1.82, 2.24) is 5.32 Å². The molecule has 0 radical (unpaired) electrons. The fourth-order valence-corrected chi connectivity index (χ4v) is 2.53. The normalized spacial score (nSPS) is 10.3. The van der Waals surface area contributed by atoms with E-state index in [-0.39, 0.29) is 11.8 Å². The van der Waals surface area contributed by atoms with Crippen LogP contribution in [0.25, 0.3) is 0 Å². The average molecular weight is 386 g/mol. The van der Waals surface area contributed by atoms with E-state index in [1.807, 2.05) is 0 Å². The second kappa shape index (κ2) is 8.38. The van der Waals surface area contributed by atoms with Gasteiger partial charge in [0, 0.05) is 36.3 Å². The highest BCUT2D eigenvalue weighted by Crippen LogP contribution is 2.22. The molecule has 4 nitrogen and oxygen atoms in total. The van der Waals surface area contributed by atoms with Gasteiger partial charge in [0.05, 0.1) is 10.0 Å². The van der Waals surface area contributed by atoms with Crippen molar-refractivity contribution in [1.29, 1.82) is 0 Å². The molecule has 0 atom stereocenters. The highest BCUT2D eigenvalue weighted by atomic mass is 35.5. The monoisotopic (exact) mass is 384 g/mol. The van der Waals surface area contributed by atoms with Gasteiger partial charge in [-0.15, -0.1) is 0 Å². The van der Waals surface area contributed by atoms with E-state index >= 15 is 0 Å². The largest absolute Gasteiger partial charge is 0.350 e. The predicted molar refractivity (Wildman–Crippen MR) is 98.3 cm³/mol. The van der Waals surface area contributed by atoms with Crippen LogP contribution < -0.4 is 10.2 Å². The minimum Gasteiger partial charge on any atom is -0.350 e. The summed E-state index contributed by atoms with van der Waals surface area (Å²) in [7, 11) is 0. The molecule has 2 amide bonds. The topological polar surface area (TPSA) is 49.4 Å². The number of hydrogen-bond acceptors (Lipinski definition) is 2. The van der Waals surface area contributed by atoms with Gasteiger partial charge < -0.3 is 10.2 Å². The number of hydrogen-bond donors (Lipinski definition) is 1. The molecular formula is C17H15Cl3N2O2. The summed E-state index contributed by atoms with van der Waals surface area (Å²) in [6.45, 7) is 2.10. The van der Waals surface area contributed by atoms with Crippen molar-refractivity contribution in [2.24, 2.45) is 0 Å². The molecule has 0 unspecified atom stereocenters. The van der Waals surface area contributed by atoms with Crippen molar-refractivity contribution in [2.75, 3.05) is 18.0 Å². The lowest BCUT2D eigenvalue weighted by Gasteiger charge is -2.21. The maximum absolute atomic E-state index is 12.1. The van der Waals surface area contributed by atoms with E-state index in [0.29, 0.717) is 33.7 Å². The molecule has 2 aromatic carbocycles. The van der Waals surface area contributed by atoms with Crippen molar-refractivity contribution < 1.29 is 9.59 Å². The van der Waals surface area contributed by atoms with Crippen LogP contribution in [0.2, 0.25) is 15.1 Å². The lowest BCUT2D eigenvalue weighted by Crippen LogP contribution is -2.37. The van der Waals surface area contributed by atoms with Crippen LogP contribution in [0.4, 0.5) is 5.69 Å². The lowest BCUT2D eigenvalue weighted by molar-refractivity contribution is -0.116. The van der Waals surface area contributed by atoms with E-state index in [1.54, 1.807) is 41.3 Å². The first-order chi connectivity index (χ1) is 11.4. The third-order valence-corrected chi connectivity index (χ3v) is 4.31. The summed E-state index contributed by atoms with van der Waals surface area (Å²) in [5.41, 5.74) is 1.13. The summed E-state index contributed by atoms with van der Waals surface area (Å²) in [5, 5.41) is 4.05. The van der Waals surface area contributed by atoms with E-state index in [0.717, 1.165) is 5.69 Å². The molecule has 126 valence electrons. The predicted octanol–water partition coefficient (Wildman–Crippen LogP) is 4.43. The number of halogens is 3. The summed E-state index contributed by atoms with van der Waals surface area (Å²) in [4.78, 5) is 25.5. The molecule has 0 saturated heterocycles. The highest BCUT2D eigenvalue weighted by molar-refractivity contribution is 6.42. The van der Waals surface area contributed by atoms with Crippen LogP contribution >= 0.6 is 34.8 Å². The first-order valence-corrected chi connectivity index (χ1v) is 8.29. The maximum Gasteiger partial charge on any atom is 0.251 e. The van der Waals surface area contributed by atoms with Gasteiger partial charge in [-0.2, -0.15) is 0 Å². The van der Waals surface area contributed by atoms with Gasteiger partial charge in [-0.1, -0.05) is 34.8 Å². The van der Waals surface area contributed by atoms with Gasteiger partial charge in [-0.25, -0.2) is 0 Å². The molecule has 0 fully saturated rings. The highest BCUT2D eigenvalue weighted by Gasteiger charge is 2.13. The zero-order chi connectivity index (χ0) is 17.7. The number of nitrogens with one attached hydrogen (secondary N) is 1. The molecule has 24 heavy (non-hydrogen) atoms. The zero-order valence-electron chi connectivity index (χ0n) is 12.9. The Hall–Kier alpha value is -1.75. The first kappa shape index (κ1) is 18.6. The molecule has 2 aromatic rings. The van der Waals surface area contributed by atoms with E-state index in [4.69, 9.17) is 34.8 Å². The third-order valence-electron chi connectivity index (χ3n) is 3.32. The first-order valence-electron chi connectivity index (χ1n) is 7.15. The van der Waals surface area contributed by atoms with Gasteiger partial charge in [-0.05, 0) is 42.5 Å². The fraction of sp³-hybridized carbons (Fsp3) is 0.176. The molecule has 0 saturated carbocycles. The van der Waals surface area contributed by atoms with Gasteiger partial charge >= 0.3 is 0 Å². The van der Waals surface area contributed by atoms with Crippen LogP contribution in [0.1, 0.15) is 17.3 Å². The van der Waals surface area contributed by atoms with Crippen molar-refractivity contribution in [2.45, 2.75) is 6.92 Å². The van der Waals surface area contributed by atoms with Crippen molar-refractivity contribution in [3.8, 4) is 0 Å². The number of carbonyl (C=O) groups excluding carboxylic acids is 2. The molecule has 0 heterocycles. The second-order valence-electron chi connectivity index (χ2n) is 5.03. The molecule has 2 rings (SSSR count). The van der Waals surface area contributed by atoms with Crippen molar-refractivity contribution in [3.63, 3.8) is 0 Å². The van der Waals surface area contributed by atoms with Crippen molar-refractivity contribution in [3.05, 3.63) is 63.1 Å². The molecule has 7 heteroatoms. The second-order valence-corrected chi connectivity index (χ2v) is 6.28. The number of amides is 2. The van der Waals surface area contributed by atoms with Gasteiger partial charge in [0.15, 0.2) is 0 Å². The number of anilines is 1. The Morgan fingerprint density at radius 3 is 2.25 bits per heavy atom. The molecule has 0 bridgehead atoms.